The van der Waals surface area contributed by atoms with Gasteiger partial charge in [0.1, 0.15) is 11.9 Å². The third-order valence-electron chi connectivity index (χ3n) is 2.76. The van der Waals surface area contributed by atoms with E-state index in [4.69, 9.17) is 4.42 Å². The molecule has 1 aromatic rings. The smallest absolute Gasteiger partial charge is 0.132 e. The van der Waals surface area contributed by atoms with Gasteiger partial charge in [0.05, 0.1) is 11.9 Å². The summed E-state index contributed by atoms with van der Waals surface area (Å²) in [6, 6.07) is 3.51. The van der Waals surface area contributed by atoms with E-state index in [0.29, 0.717) is 12.2 Å². The van der Waals surface area contributed by atoms with Gasteiger partial charge in [0.2, 0.25) is 0 Å². The highest BCUT2D eigenvalue weighted by molar-refractivity contribution is 5.06. The van der Waals surface area contributed by atoms with Crippen LogP contribution in [0, 0.1) is 5.92 Å². The quantitative estimate of drug-likeness (QED) is 0.744. The first-order valence-electron chi connectivity index (χ1n) is 4.53. The van der Waals surface area contributed by atoms with Gasteiger partial charge in [-0.25, -0.2) is 0 Å². The average molecular weight is 182 g/mol. The van der Waals surface area contributed by atoms with E-state index < -0.39 is 11.7 Å². The highest BCUT2D eigenvalue weighted by Crippen LogP contribution is 2.47. The molecule has 3 atom stereocenters. The number of hydrogen-bond donors (Lipinski definition) is 2. The first-order valence-corrected chi connectivity index (χ1v) is 4.53. The van der Waals surface area contributed by atoms with Crippen LogP contribution in [0.25, 0.3) is 0 Å². The summed E-state index contributed by atoms with van der Waals surface area (Å²) in [5, 5.41) is 19.1. The van der Waals surface area contributed by atoms with Crippen LogP contribution in [0.1, 0.15) is 31.6 Å². The predicted octanol–water partition coefficient (Wildman–Crippen LogP) is 1.47. The van der Waals surface area contributed by atoms with Crippen LogP contribution in [-0.2, 0) is 0 Å². The lowest BCUT2D eigenvalue weighted by Crippen LogP contribution is -2.06. The molecule has 2 N–H and O–H groups in total. The Morgan fingerprint density at radius 2 is 2.46 bits per heavy atom. The van der Waals surface area contributed by atoms with Crippen molar-refractivity contribution in [2.45, 2.75) is 31.5 Å². The zero-order valence-electron chi connectivity index (χ0n) is 7.60. The molecule has 1 heterocycles. The van der Waals surface area contributed by atoms with Gasteiger partial charge >= 0.3 is 0 Å². The molecule has 3 heteroatoms. The Balaban J connectivity index is 1.90. The van der Waals surface area contributed by atoms with E-state index >= 15 is 0 Å². The number of rotatable bonds is 3. The summed E-state index contributed by atoms with van der Waals surface area (Å²) in [5.74, 6) is 0.801. The van der Waals surface area contributed by atoms with Crippen LogP contribution in [0.2, 0.25) is 0 Å². The minimum Gasteiger partial charge on any atom is -0.467 e. The van der Waals surface area contributed by atoms with Crippen LogP contribution in [0.5, 0.6) is 0 Å². The van der Waals surface area contributed by atoms with Crippen molar-refractivity contribution < 1.29 is 14.6 Å². The van der Waals surface area contributed by atoms with Crippen molar-refractivity contribution in [2.75, 3.05) is 0 Å². The van der Waals surface area contributed by atoms with Crippen molar-refractivity contribution in [3.8, 4) is 0 Å². The Hall–Kier alpha value is -0.800. The van der Waals surface area contributed by atoms with Gasteiger partial charge in [0.25, 0.3) is 0 Å². The maximum absolute atomic E-state index is 9.65. The second-order valence-electron chi connectivity index (χ2n) is 4.03. The highest BCUT2D eigenvalue weighted by Gasteiger charge is 2.49. The van der Waals surface area contributed by atoms with Gasteiger partial charge in [-0.15, -0.1) is 0 Å². The molecule has 1 aromatic heterocycles. The molecule has 1 fully saturated rings. The Kier molecular flexibility index (Phi) is 1.93. The van der Waals surface area contributed by atoms with Crippen LogP contribution in [0.15, 0.2) is 22.8 Å². The molecule has 1 aliphatic carbocycles. The summed E-state index contributed by atoms with van der Waals surface area (Å²) >= 11 is 0. The molecule has 3 nitrogen and oxygen atoms in total. The lowest BCUT2D eigenvalue weighted by Gasteiger charge is -2.07. The first-order chi connectivity index (χ1) is 6.09. The molecule has 0 bridgehead atoms. The van der Waals surface area contributed by atoms with Crippen molar-refractivity contribution >= 4 is 0 Å². The monoisotopic (exact) mass is 182 g/mol. The van der Waals surface area contributed by atoms with Crippen LogP contribution in [0.3, 0.4) is 0 Å². The molecular weight excluding hydrogens is 168 g/mol. The van der Waals surface area contributed by atoms with Crippen LogP contribution < -0.4 is 0 Å². The van der Waals surface area contributed by atoms with Gasteiger partial charge < -0.3 is 14.6 Å². The molecule has 0 radical (unpaired) electrons. The molecule has 0 spiro atoms. The molecule has 1 aliphatic rings. The Morgan fingerprint density at radius 1 is 1.77 bits per heavy atom. The lowest BCUT2D eigenvalue weighted by molar-refractivity contribution is 0.101. The fourth-order valence-electron chi connectivity index (χ4n) is 1.64. The third kappa shape index (κ3) is 1.76. The fraction of sp³-hybridized carbons (Fsp3) is 0.600. The molecule has 13 heavy (non-hydrogen) atoms. The third-order valence-corrected chi connectivity index (χ3v) is 2.76. The number of hydrogen-bond acceptors (Lipinski definition) is 3. The standard InChI is InChI=1S/C10H14O3/c1-10(12)6-7(10)5-8(11)9-3-2-4-13-9/h2-4,7-8,11-12H,5-6H2,1H3/t7-,8+,10+/m0/s1. The Bertz CT molecular complexity index is 276. The molecule has 0 saturated heterocycles. The van der Waals surface area contributed by atoms with Gasteiger partial charge in [-0.05, 0) is 37.8 Å². The number of aliphatic hydroxyl groups is 2. The van der Waals surface area contributed by atoms with Gasteiger partial charge in [0, 0.05) is 0 Å². The molecule has 72 valence electrons. The molecule has 0 amide bonds. The molecule has 2 rings (SSSR count). The van der Waals surface area contributed by atoms with E-state index in [2.05, 4.69) is 0 Å². The predicted molar refractivity (Wildman–Crippen MR) is 47.0 cm³/mol. The van der Waals surface area contributed by atoms with E-state index in [1.54, 1.807) is 25.3 Å². The molecular formula is C10H14O3. The minimum atomic E-state index is -0.575. The topological polar surface area (TPSA) is 53.6 Å². The summed E-state index contributed by atoms with van der Waals surface area (Å²) in [6.45, 7) is 1.80. The van der Waals surface area contributed by atoms with E-state index in [1.165, 1.54) is 0 Å². The average Bonchev–Trinajstić information content (AvgIpc) is 2.58. The lowest BCUT2D eigenvalue weighted by atomic mass is 10.1. The van der Waals surface area contributed by atoms with E-state index in [-0.39, 0.29) is 5.92 Å². The summed E-state index contributed by atoms with van der Waals surface area (Å²) in [5.41, 5.74) is -0.562. The molecule has 0 aliphatic heterocycles. The van der Waals surface area contributed by atoms with Gasteiger partial charge in [-0.2, -0.15) is 0 Å². The van der Waals surface area contributed by atoms with Gasteiger partial charge in [-0.1, -0.05) is 0 Å². The van der Waals surface area contributed by atoms with Crippen molar-refractivity contribution in [3.63, 3.8) is 0 Å². The van der Waals surface area contributed by atoms with Crippen molar-refractivity contribution in [2.24, 2.45) is 5.92 Å². The SMILES string of the molecule is C[C@@]1(O)C[C@@H]1C[C@@H](O)c1ccco1. The summed E-state index contributed by atoms with van der Waals surface area (Å²) < 4.78 is 5.06. The first kappa shape index (κ1) is 8.78. The zero-order chi connectivity index (χ0) is 9.47. The van der Waals surface area contributed by atoms with E-state index in [9.17, 15) is 10.2 Å². The Morgan fingerprint density at radius 3 is 2.92 bits per heavy atom. The normalized spacial score (nSPS) is 34.5. The van der Waals surface area contributed by atoms with E-state index in [1.807, 2.05) is 0 Å². The second-order valence-corrected chi connectivity index (χ2v) is 4.03. The maximum atomic E-state index is 9.65. The zero-order valence-corrected chi connectivity index (χ0v) is 7.60. The fourth-order valence-corrected chi connectivity index (χ4v) is 1.64. The van der Waals surface area contributed by atoms with Crippen molar-refractivity contribution in [1.82, 2.24) is 0 Å². The van der Waals surface area contributed by atoms with Gasteiger partial charge in [0.15, 0.2) is 0 Å². The Labute approximate surface area is 77.0 Å². The highest BCUT2D eigenvalue weighted by atomic mass is 16.4. The van der Waals surface area contributed by atoms with Crippen LogP contribution in [0.4, 0.5) is 0 Å². The van der Waals surface area contributed by atoms with Crippen molar-refractivity contribution in [1.29, 1.82) is 0 Å². The summed E-state index contributed by atoms with van der Waals surface area (Å²) in [6.07, 6.45) is 2.34. The summed E-state index contributed by atoms with van der Waals surface area (Å²) in [4.78, 5) is 0. The molecule has 0 aromatic carbocycles. The largest absolute Gasteiger partial charge is 0.467 e. The number of aliphatic hydroxyl groups excluding tert-OH is 1. The molecule has 1 saturated carbocycles. The van der Waals surface area contributed by atoms with Crippen molar-refractivity contribution in [3.05, 3.63) is 24.2 Å². The van der Waals surface area contributed by atoms with Crippen LogP contribution >= 0.6 is 0 Å². The maximum Gasteiger partial charge on any atom is 0.132 e. The second kappa shape index (κ2) is 2.86. The van der Waals surface area contributed by atoms with Gasteiger partial charge in [-0.3, -0.25) is 0 Å². The van der Waals surface area contributed by atoms with E-state index in [0.717, 1.165) is 6.42 Å². The summed E-state index contributed by atoms with van der Waals surface area (Å²) in [7, 11) is 0. The molecule has 0 unspecified atom stereocenters. The number of furan rings is 1. The minimum absolute atomic E-state index is 0.215. The van der Waals surface area contributed by atoms with Crippen LogP contribution in [-0.4, -0.2) is 15.8 Å².